The van der Waals surface area contributed by atoms with Gasteiger partial charge in [-0.15, -0.1) is 0 Å². The van der Waals surface area contributed by atoms with Crippen molar-refractivity contribution in [2.75, 3.05) is 12.4 Å². The second-order valence-electron chi connectivity index (χ2n) is 5.66. The number of carbonyl (C=O) groups is 2. The second-order valence-corrected chi connectivity index (χ2v) is 5.66. The average Bonchev–Trinajstić information content (AvgIpc) is 3.36. The van der Waals surface area contributed by atoms with Gasteiger partial charge in [-0.05, 0) is 40.3 Å². The number of aromatic hydroxyl groups is 1. The summed E-state index contributed by atoms with van der Waals surface area (Å²) in [6.07, 6.45) is 1.35. The number of tetrazole rings is 1. The Labute approximate surface area is 152 Å². The topological polar surface area (TPSA) is 132 Å². The van der Waals surface area contributed by atoms with Gasteiger partial charge in [0, 0.05) is 0 Å². The number of methoxy groups -OCH3 is 1. The van der Waals surface area contributed by atoms with E-state index in [4.69, 9.17) is 9.15 Å². The van der Waals surface area contributed by atoms with Crippen molar-refractivity contribution in [3.63, 3.8) is 0 Å². The van der Waals surface area contributed by atoms with Gasteiger partial charge >= 0.3 is 5.97 Å². The number of phenols is 1. The maximum Gasteiger partial charge on any atom is 0.355 e. The van der Waals surface area contributed by atoms with E-state index in [0.29, 0.717) is 5.56 Å². The highest BCUT2D eigenvalue weighted by molar-refractivity contribution is 6.13. The quantitative estimate of drug-likeness (QED) is 0.517. The number of anilines is 1. The third-order valence-corrected chi connectivity index (χ3v) is 4.08. The average molecular weight is 367 g/mol. The van der Waals surface area contributed by atoms with Crippen molar-refractivity contribution >= 4 is 17.7 Å². The minimum absolute atomic E-state index is 0.00919. The second kappa shape index (κ2) is 6.41. The number of phenolic OH excluding ortho intramolecular Hbond substituents is 1. The van der Waals surface area contributed by atoms with Crippen molar-refractivity contribution < 1.29 is 23.8 Å². The Balaban J connectivity index is 1.97. The normalized spacial score (nSPS) is 15.8. The number of rotatable bonds is 4. The van der Waals surface area contributed by atoms with Crippen LogP contribution in [0.5, 0.6) is 5.75 Å². The summed E-state index contributed by atoms with van der Waals surface area (Å²) in [6.45, 7) is 0. The summed E-state index contributed by atoms with van der Waals surface area (Å²) < 4.78 is 11.4. The molecule has 0 fully saturated rings. The predicted octanol–water partition coefficient (Wildman–Crippen LogP) is 1.30. The van der Waals surface area contributed by atoms with Crippen LogP contribution in [-0.2, 0) is 9.53 Å². The Kier molecular flexibility index (Phi) is 3.92. The molecule has 1 aliphatic rings. The molecule has 2 N–H and O–H groups in total. The van der Waals surface area contributed by atoms with Crippen LogP contribution in [0.4, 0.5) is 5.95 Å². The highest BCUT2D eigenvalue weighted by Gasteiger charge is 2.39. The van der Waals surface area contributed by atoms with Gasteiger partial charge in [0.15, 0.2) is 5.76 Å². The number of ketones is 1. The molecule has 1 atom stereocenters. The van der Waals surface area contributed by atoms with Crippen molar-refractivity contribution in [2.24, 2.45) is 0 Å². The lowest BCUT2D eigenvalue weighted by Crippen LogP contribution is -2.32. The molecule has 10 nitrogen and oxygen atoms in total. The molecular weight excluding hydrogens is 354 g/mol. The Morgan fingerprint density at radius 1 is 1.30 bits per heavy atom. The zero-order chi connectivity index (χ0) is 19.0. The molecule has 1 aliphatic heterocycles. The van der Waals surface area contributed by atoms with Gasteiger partial charge in [-0.1, -0.05) is 17.2 Å². The Hall–Kier alpha value is -3.95. The number of benzene rings is 1. The number of furan rings is 1. The highest BCUT2D eigenvalue weighted by atomic mass is 16.5. The summed E-state index contributed by atoms with van der Waals surface area (Å²) >= 11 is 0. The van der Waals surface area contributed by atoms with Crippen LogP contribution in [0.25, 0.3) is 0 Å². The van der Waals surface area contributed by atoms with E-state index in [1.54, 1.807) is 18.2 Å². The van der Waals surface area contributed by atoms with E-state index >= 15 is 0 Å². The van der Waals surface area contributed by atoms with Crippen molar-refractivity contribution in [3.8, 4) is 5.75 Å². The molecule has 1 aromatic carbocycles. The summed E-state index contributed by atoms with van der Waals surface area (Å²) in [5, 5.41) is 24.0. The summed E-state index contributed by atoms with van der Waals surface area (Å²) in [4.78, 5) is 25.5. The number of carbonyl (C=O) groups excluding carboxylic acids is 2. The van der Waals surface area contributed by atoms with Crippen LogP contribution in [0.2, 0.25) is 0 Å². The molecule has 10 heteroatoms. The van der Waals surface area contributed by atoms with Crippen LogP contribution in [0.3, 0.4) is 0 Å². The number of Topliss-reactive ketones (excluding diaryl/α,β-unsaturated/α-hetero) is 1. The SMILES string of the molecule is COC(=O)C1=C(C(=O)c2ccco2)[C@H](c2cccc(O)c2)n2nnnc2N1. The van der Waals surface area contributed by atoms with Gasteiger partial charge in [-0.3, -0.25) is 4.79 Å². The molecule has 0 saturated heterocycles. The number of hydrogen-bond donors (Lipinski definition) is 2. The Morgan fingerprint density at radius 3 is 2.85 bits per heavy atom. The van der Waals surface area contributed by atoms with Gasteiger partial charge in [-0.25, -0.2) is 4.79 Å². The van der Waals surface area contributed by atoms with Crippen LogP contribution in [-0.4, -0.2) is 44.2 Å². The van der Waals surface area contributed by atoms with Gasteiger partial charge < -0.3 is 19.6 Å². The molecule has 0 aliphatic carbocycles. The number of nitrogens with one attached hydrogen (secondary N) is 1. The highest BCUT2D eigenvalue weighted by Crippen LogP contribution is 2.37. The molecule has 0 bridgehead atoms. The molecule has 0 spiro atoms. The smallest absolute Gasteiger partial charge is 0.355 e. The fourth-order valence-electron chi connectivity index (χ4n) is 2.93. The summed E-state index contributed by atoms with van der Waals surface area (Å²) in [6, 6.07) is 8.42. The van der Waals surface area contributed by atoms with Crippen LogP contribution in [0.15, 0.2) is 58.3 Å². The minimum atomic E-state index is -0.880. The van der Waals surface area contributed by atoms with Crippen LogP contribution < -0.4 is 5.32 Å². The lowest BCUT2D eigenvalue weighted by Gasteiger charge is -2.27. The number of fused-ring (bicyclic) bond motifs is 1. The van der Waals surface area contributed by atoms with Crippen molar-refractivity contribution in [1.82, 2.24) is 20.2 Å². The van der Waals surface area contributed by atoms with E-state index in [-0.39, 0.29) is 28.7 Å². The van der Waals surface area contributed by atoms with Gasteiger partial charge in [0.1, 0.15) is 17.5 Å². The maximum atomic E-state index is 13.1. The minimum Gasteiger partial charge on any atom is -0.508 e. The summed E-state index contributed by atoms with van der Waals surface area (Å²) in [7, 11) is 1.20. The molecule has 3 aromatic rings. The molecule has 27 heavy (non-hydrogen) atoms. The zero-order valence-corrected chi connectivity index (χ0v) is 14.0. The van der Waals surface area contributed by atoms with Crippen molar-refractivity contribution in [2.45, 2.75) is 6.04 Å². The number of esters is 1. The van der Waals surface area contributed by atoms with Crippen LogP contribution in [0.1, 0.15) is 22.2 Å². The Morgan fingerprint density at radius 2 is 2.15 bits per heavy atom. The Bertz CT molecular complexity index is 1050. The number of allylic oxidation sites excluding steroid dienone is 1. The molecule has 0 amide bonds. The number of hydrogen-bond acceptors (Lipinski definition) is 9. The molecule has 0 unspecified atom stereocenters. The van der Waals surface area contributed by atoms with E-state index in [1.165, 1.54) is 36.3 Å². The predicted molar refractivity (Wildman–Crippen MR) is 89.8 cm³/mol. The summed E-state index contributed by atoms with van der Waals surface area (Å²) in [5.74, 6) is -1.12. The van der Waals surface area contributed by atoms with E-state index in [0.717, 1.165) is 0 Å². The third-order valence-electron chi connectivity index (χ3n) is 4.08. The maximum absolute atomic E-state index is 13.1. The molecule has 4 rings (SSSR count). The zero-order valence-electron chi connectivity index (χ0n) is 14.0. The molecule has 0 saturated carbocycles. The first-order valence-corrected chi connectivity index (χ1v) is 7.84. The molecule has 3 heterocycles. The van der Waals surface area contributed by atoms with E-state index in [9.17, 15) is 14.7 Å². The largest absolute Gasteiger partial charge is 0.508 e. The first-order chi connectivity index (χ1) is 13.1. The fraction of sp³-hybridized carbons (Fsp3) is 0.118. The van der Waals surface area contributed by atoms with Gasteiger partial charge in [-0.2, -0.15) is 4.68 Å². The third kappa shape index (κ3) is 2.72. The monoisotopic (exact) mass is 367 g/mol. The van der Waals surface area contributed by atoms with E-state index in [1.807, 2.05) is 0 Å². The standard InChI is InChI=1S/C17H13N5O5/c1-26-16(25)13-12(15(24)11-6-3-7-27-11)14(9-4-2-5-10(23)8-9)22-17(18-13)19-20-21-22/h2-8,14,23H,1H3,(H,18,19,21)/t14-/m0/s1. The number of nitrogens with zero attached hydrogens (tertiary/aromatic N) is 4. The molecule has 0 radical (unpaired) electrons. The van der Waals surface area contributed by atoms with Crippen molar-refractivity contribution in [3.05, 3.63) is 65.3 Å². The number of ether oxygens (including phenoxy) is 1. The summed E-state index contributed by atoms with van der Waals surface area (Å²) in [5.41, 5.74) is 0.429. The lowest BCUT2D eigenvalue weighted by atomic mass is 9.91. The van der Waals surface area contributed by atoms with Crippen molar-refractivity contribution in [1.29, 1.82) is 0 Å². The molecule has 2 aromatic heterocycles. The number of aromatic nitrogens is 4. The van der Waals surface area contributed by atoms with Gasteiger partial charge in [0.05, 0.1) is 18.9 Å². The fourth-order valence-corrected chi connectivity index (χ4v) is 2.93. The first kappa shape index (κ1) is 16.5. The molecular formula is C17H13N5O5. The van der Waals surface area contributed by atoms with Crippen LogP contribution in [0, 0.1) is 0 Å². The van der Waals surface area contributed by atoms with E-state index < -0.39 is 17.8 Å². The van der Waals surface area contributed by atoms with Crippen LogP contribution >= 0.6 is 0 Å². The van der Waals surface area contributed by atoms with Gasteiger partial charge in [0.2, 0.25) is 11.7 Å². The first-order valence-electron chi connectivity index (χ1n) is 7.84. The van der Waals surface area contributed by atoms with Gasteiger partial charge in [0.25, 0.3) is 0 Å². The van der Waals surface area contributed by atoms with E-state index in [2.05, 4.69) is 20.8 Å². The lowest BCUT2D eigenvalue weighted by molar-refractivity contribution is -0.136. The molecule has 136 valence electrons.